The quantitative estimate of drug-likeness (QED) is 0.735. The number of hydrogen-bond donors (Lipinski definition) is 1. The second-order valence-corrected chi connectivity index (χ2v) is 6.56. The van der Waals surface area contributed by atoms with E-state index < -0.39 is 9.84 Å². The highest BCUT2D eigenvalue weighted by Crippen LogP contribution is 2.28. The van der Waals surface area contributed by atoms with Gasteiger partial charge in [0, 0.05) is 5.69 Å². The van der Waals surface area contributed by atoms with Gasteiger partial charge < -0.3 is 5.32 Å². The molecule has 2 aliphatic heterocycles. The number of sulfone groups is 1. The molecule has 2 aliphatic rings. The molecule has 2 saturated heterocycles. The molecular weight excluding hydrogens is 240 g/mol. The summed E-state index contributed by atoms with van der Waals surface area (Å²) in [7, 11) is -3.03. The summed E-state index contributed by atoms with van der Waals surface area (Å²) >= 11 is 0. The van der Waals surface area contributed by atoms with Crippen LogP contribution in [0, 0.1) is 0 Å². The Labute approximate surface area is 99.3 Å². The summed E-state index contributed by atoms with van der Waals surface area (Å²) in [6.45, 7) is 0. The zero-order valence-electron chi connectivity index (χ0n) is 9.04. The Hall–Kier alpha value is -1.56. The molecule has 0 spiro atoms. The minimum absolute atomic E-state index is 0.0469. The zero-order valence-corrected chi connectivity index (χ0v) is 9.85. The van der Waals surface area contributed by atoms with Crippen molar-refractivity contribution in [1.29, 1.82) is 0 Å². The molecule has 2 heterocycles. The number of nitrogens with one attached hydrogen (secondary N) is 1. The van der Waals surface area contributed by atoms with Crippen LogP contribution in [0.1, 0.15) is 0 Å². The van der Waals surface area contributed by atoms with Crippen molar-refractivity contribution >= 4 is 21.6 Å². The second-order valence-electron chi connectivity index (χ2n) is 4.41. The summed E-state index contributed by atoms with van der Waals surface area (Å²) in [4.78, 5) is 13.4. The van der Waals surface area contributed by atoms with Crippen LogP contribution in [0.3, 0.4) is 0 Å². The van der Waals surface area contributed by atoms with E-state index in [1.165, 1.54) is 0 Å². The molecule has 0 saturated carbocycles. The maximum Gasteiger partial charge on any atom is 0.322 e. The van der Waals surface area contributed by atoms with Crippen molar-refractivity contribution in [3.8, 4) is 0 Å². The van der Waals surface area contributed by atoms with Crippen LogP contribution in [0.4, 0.5) is 10.5 Å². The fraction of sp³-hybridized carbons (Fsp3) is 0.364. The van der Waals surface area contributed by atoms with Gasteiger partial charge in [0.25, 0.3) is 0 Å². The smallest absolute Gasteiger partial charge is 0.322 e. The fourth-order valence-electron chi connectivity index (χ4n) is 2.50. The number of para-hydroxylation sites is 1. The van der Waals surface area contributed by atoms with Gasteiger partial charge in [0.05, 0.1) is 23.6 Å². The van der Waals surface area contributed by atoms with Crippen LogP contribution in [-0.4, -0.2) is 38.0 Å². The molecule has 6 heteroatoms. The first-order valence-electron chi connectivity index (χ1n) is 5.42. The van der Waals surface area contributed by atoms with Gasteiger partial charge in [-0.2, -0.15) is 0 Å². The number of benzene rings is 1. The normalized spacial score (nSPS) is 30.1. The topological polar surface area (TPSA) is 66.5 Å². The van der Waals surface area contributed by atoms with E-state index in [1.807, 2.05) is 30.3 Å². The molecule has 5 nitrogen and oxygen atoms in total. The van der Waals surface area contributed by atoms with Crippen molar-refractivity contribution < 1.29 is 13.2 Å². The Kier molecular flexibility index (Phi) is 2.16. The number of amides is 2. The van der Waals surface area contributed by atoms with Gasteiger partial charge in [-0.05, 0) is 12.1 Å². The van der Waals surface area contributed by atoms with Crippen LogP contribution < -0.4 is 10.2 Å². The van der Waals surface area contributed by atoms with E-state index in [1.54, 1.807) is 4.90 Å². The first kappa shape index (κ1) is 10.6. The van der Waals surface area contributed by atoms with Crippen molar-refractivity contribution in [3.63, 3.8) is 0 Å². The van der Waals surface area contributed by atoms with E-state index in [4.69, 9.17) is 0 Å². The standard InChI is InChI=1S/C11H12N2O3S/c14-11-12-9-6-17(15,16)7-10(9)13(11)8-4-2-1-3-5-8/h1-5,9-10H,6-7H2,(H,12,14)/t9-,10+/m0/s1. The van der Waals surface area contributed by atoms with Crippen LogP contribution in [-0.2, 0) is 9.84 Å². The maximum absolute atomic E-state index is 11.8. The van der Waals surface area contributed by atoms with Crippen LogP contribution >= 0.6 is 0 Å². The first-order chi connectivity index (χ1) is 8.07. The summed E-state index contributed by atoms with van der Waals surface area (Å²) in [6, 6.07) is 8.41. The molecule has 1 aromatic carbocycles. The van der Waals surface area contributed by atoms with E-state index >= 15 is 0 Å². The number of carbonyl (C=O) groups excluding carboxylic acids is 1. The molecule has 1 N–H and O–H groups in total. The van der Waals surface area contributed by atoms with E-state index in [9.17, 15) is 13.2 Å². The molecule has 0 unspecified atom stereocenters. The second kappa shape index (κ2) is 3.46. The average molecular weight is 252 g/mol. The number of rotatable bonds is 1. The van der Waals surface area contributed by atoms with Gasteiger partial charge in [-0.1, -0.05) is 18.2 Å². The molecule has 2 atom stereocenters. The SMILES string of the molecule is O=C1N[C@H]2CS(=O)(=O)C[C@H]2N1c1ccccc1. The Morgan fingerprint density at radius 1 is 1.18 bits per heavy atom. The third-order valence-electron chi connectivity index (χ3n) is 3.22. The lowest BCUT2D eigenvalue weighted by molar-refractivity contribution is 0.251. The average Bonchev–Trinajstić information content (AvgIpc) is 2.69. The third kappa shape index (κ3) is 1.68. The summed E-state index contributed by atoms with van der Waals surface area (Å²) in [6.07, 6.45) is 0. The number of nitrogens with zero attached hydrogens (tertiary/aromatic N) is 1. The molecule has 1 aromatic rings. The van der Waals surface area contributed by atoms with Crippen molar-refractivity contribution in [2.24, 2.45) is 0 Å². The summed E-state index contributed by atoms with van der Waals surface area (Å²) in [5, 5.41) is 2.73. The molecule has 0 aliphatic carbocycles. The van der Waals surface area contributed by atoms with Crippen molar-refractivity contribution in [1.82, 2.24) is 5.32 Å². The van der Waals surface area contributed by atoms with Crippen molar-refractivity contribution in [2.75, 3.05) is 16.4 Å². The van der Waals surface area contributed by atoms with E-state index in [-0.39, 0.29) is 29.6 Å². The first-order valence-corrected chi connectivity index (χ1v) is 7.24. The van der Waals surface area contributed by atoms with Crippen molar-refractivity contribution in [2.45, 2.75) is 12.1 Å². The van der Waals surface area contributed by atoms with Gasteiger partial charge in [0.1, 0.15) is 0 Å². The molecule has 2 amide bonds. The number of hydrogen-bond acceptors (Lipinski definition) is 3. The van der Waals surface area contributed by atoms with E-state index in [0.717, 1.165) is 5.69 Å². The minimum atomic E-state index is -3.03. The van der Waals surface area contributed by atoms with Crippen molar-refractivity contribution in [3.05, 3.63) is 30.3 Å². The Morgan fingerprint density at radius 2 is 1.88 bits per heavy atom. The zero-order chi connectivity index (χ0) is 12.0. The van der Waals surface area contributed by atoms with Crippen LogP contribution in [0.2, 0.25) is 0 Å². The summed E-state index contributed by atoms with van der Waals surface area (Å²) < 4.78 is 23.1. The highest BCUT2D eigenvalue weighted by molar-refractivity contribution is 7.91. The number of urea groups is 1. The van der Waals surface area contributed by atoms with Crippen LogP contribution in [0.15, 0.2) is 30.3 Å². The monoisotopic (exact) mass is 252 g/mol. The lowest BCUT2D eigenvalue weighted by Crippen LogP contribution is -2.36. The summed E-state index contributed by atoms with van der Waals surface area (Å²) in [5.41, 5.74) is 0.745. The maximum atomic E-state index is 11.8. The van der Waals surface area contributed by atoms with Crippen LogP contribution in [0.5, 0.6) is 0 Å². The molecule has 0 bridgehead atoms. The highest BCUT2D eigenvalue weighted by Gasteiger charge is 2.49. The molecule has 0 radical (unpaired) electrons. The largest absolute Gasteiger partial charge is 0.332 e. The van der Waals surface area contributed by atoms with Gasteiger partial charge in [-0.3, -0.25) is 4.90 Å². The number of anilines is 1. The van der Waals surface area contributed by atoms with Gasteiger partial charge in [0.2, 0.25) is 0 Å². The Balaban J connectivity index is 1.98. The van der Waals surface area contributed by atoms with Crippen LogP contribution in [0.25, 0.3) is 0 Å². The Bertz CT molecular complexity index is 555. The number of carbonyl (C=O) groups is 1. The van der Waals surface area contributed by atoms with Gasteiger partial charge in [-0.15, -0.1) is 0 Å². The Morgan fingerprint density at radius 3 is 2.59 bits per heavy atom. The third-order valence-corrected chi connectivity index (χ3v) is 4.93. The van der Waals surface area contributed by atoms with Gasteiger partial charge in [-0.25, -0.2) is 13.2 Å². The summed E-state index contributed by atoms with van der Waals surface area (Å²) in [5.74, 6) is 0.0953. The predicted molar refractivity (Wildman–Crippen MR) is 63.7 cm³/mol. The van der Waals surface area contributed by atoms with Gasteiger partial charge in [0.15, 0.2) is 9.84 Å². The molecule has 0 aromatic heterocycles. The minimum Gasteiger partial charge on any atom is -0.332 e. The highest BCUT2D eigenvalue weighted by atomic mass is 32.2. The predicted octanol–water partition coefficient (Wildman–Crippen LogP) is 0.382. The molecule has 2 fully saturated rings. The molecule has 90 valence electrons. The van der Waals surface area contributed by atoms with E-state index in [2.05, 4.69) is 5.32 Å². The molecular formula is C11H12N2O3S. The molecule has 17 heavy (non-hydrogen) atoms. The lowest BCUT2D eigenvalue weighted by Gasteiger charge is -2.21. The lowest BCUT2D eigenvalue weighted by atomic mass is 10.1. The molecule has 3 rings (SSSR count). The van der Waals surface area contributed by atoms with Gasteiger partial charge >= 0.3 is 6.03 Å². The number of fused-ring (bicyclic) bond motifs is 1. The van der Waals surface area contributed by atoms with E-state index in [0.29, 0.717) is 0 Å². The fourth-order valence-corrected chi connectivity index (χ4v) is 4.39.